The van der Waals surface area contributed by atoms with Crippen molar-refractivity contribution in [2.24, 2.45) is 5.92 Å². The van der Waals surface area contributed by atoms with E-state index in [0.29, 0.717) is 22.4 Å². The molecule has 0 unspecified atom stereocenters. The molecule has 0 saturated heterocycles. The van der Waals surface area contributed by atoms with E-state index >= 15 is 4.39 Å². The van der Waals surface area contributed by atoms with Gasteiger partial charge >= 0.3 is 0 Å². The first-order valence-corrected chi connectivity index (χ1v) is 11.6. The van der Waals surface area contributed by atoms with E-state index in [1.807, 2.05) is 12.1 Å². The lowest BCUT2D eigenvalue weighted by Crippen LogP contribution is -2.13. The second kappa shape index (κ2) is 9.73. The van der Waals surface area contributed by atoms with Crippen LogP contribution in [0.25, 0.3) is 21.9 Å². The molecule has 1 aliphatic carbocycles. The minimum absolute atomic E-state index is 0.263. The molecular weight excluding hydrogens is 374 g/mol. The summed E-state index contributed by atoms with van der Waals surface area (Å²) < 4.78 is 28.7. The van der Waals surface area contributed by atoms with Gasteiger partial charge < -0.3 is 0 Å². The van der Waals surface area contributed by atoms with Crippen molar-refractivity contribution in [1.82, 2.24) is 0 Å². The summed E-state index contributed by atoms with van der Waals surface area (Å²) >= 11 is 0. The van der Waals surface area contributed by atoms with Crippen LogP contribution in [0.15, 0.2) is 54.6 Å². The second-order valence-corrected chi connectivity index (χ2v) is 8.99. The molecule has 4 rings (SSSR count). The molecule has 158 valence electrons. The maximum Gasteiger partial charge on any atom is 0.138 e. The Morgan fingerprint density at radius 1 is 0.833 bits per heavy atom. The predicted molar refractivity (Wildman–Crippen MR) is 123 cm³/mol. The molecule has 0 atom stereocenters. The molecule has 0 heterocycles. The molecule has 30 heavy (non-hydrogen) atoms. The van der Waals surface area contributed by atoms with Gasteiger partial charge in [0.25, 0.3) is 0 Å². The Morgan fingerprint density at radius 3 is 2.43 bits per heavy atom. The molecule has 0 N–H and O–H groups in total. The van der Waals surface area contributed by atoms with E-state index in [0.717, 1.165) is 11.3 Å². The van der Waals surface area contributed by atoms with Crippen LogP contribution < -0.4 is 0 Å². The summed E-state index contributed by atoms with van der Waals surface area (Å²) in [6, 6.07) is 16.1. The third-order valence-corrected chi connectivity index (χ3v) is 6.90. The molecule has 1 saturated carbocycles. The molecule has 0 radical (unpaired) electrons. The quantitative estimate of drug-likeness (QED) is 0.343. The maximum atomic E-state index is 15.2. The first kappa shape index (κ1) is 21.0. The second-order valence-electron chi connectivity index (χ2n) is 8.99. The zero-order chi connectivity index (χ0) is 20.9. The Kier molecular flexibility index (Phi) is 6.82. The van der Waals surface area contributed by atoms with Gasteiger partial charge in [-0.2, -0.15) is 0 Å². The van der Waals surface area contributed by atoms with Crippen LogP contribution in [-0.4, -0.2) is 0 Å². The predicted octanol–water partition coefficient (Wildman–Crippen LogP) is 9.03. The largest absolute Gasteiger partial charge is 0.207 e. The molecule has 0 bridgehead atoms. The van der Waals surface area contributed by atoms with Crippen LogP contribution in [0.3, 0.4) is 0 Å². The Bertz CT molecular complexity index is 983. The average Bonchev–Trinajstić information content (AvgIpc) is 2.77. The zero-order valence-electron chi connectivity index (χ0n) is 18.0. The van der Waals surface area contributed by atoms with Crippen molar-refractivity contribution in [3.8, 4) is 11.1 Å². The van der Waals surface area contributed by atoms with E-state index < -0.39 is 0 Å². The van der Waals surface area contributed by atoms with Crippen LogP contribution in [0.4, 0.5) is 8.78 Å². The van der Waals surface area contributed by atoms with Crippen LogP contribution >= 0.6 is 0 Å². The molecule has 0 amide bonds. The number of fused-ring (bicyclic) bond motifs is 1. The van der Waals surface area contributed by atoms with Crippen molar-refractivity contribution in [1.29, 1.82) is 0 Å². The van der Waals surface area contributed by atoms with Crippen LogP contribution in [0.1, 0.15) is 76.2 Å². The number of unbranched alkanes of at least 4 members (excludes halogenated alkanes) is 3. The van der Waals surface area contributed by atoms with Gasteiger partial charge in [-0.25, -0.2) is 8.78 Å². The van der Waals surface area contributed by atoms with Gasteiger partial charge in [0.15, 0.2) is 0 Å². The Hall–Kier alpha value is -2.22. The van der Waals surface area contributed by atoms with Crippen molar-refractivity contribution in [2.75, 3.05) is 0 Å². The Balaban J connectivity index is 1.46. The number of halogens is 2. The molecule has 0 aromatic heterocycles. The van der Waals surface area contributed by atoms with E-state index in [1.54, 1.807) is 18.2 Å². The smallest absolute Gasteiger partial charge is 0.138 e. The summed E-state index contributed by atoms with van der Waals surface area (Å²) in [6.45, 7) is 2.27. The molecule has 1 fully saturated rings. The summed E-state index contributed by atoms with van der Waals surface area (Å²) in [7, 11) is 0. The highest BCUT2D eigenvalue weighted by Gasteiger charge is 2.22. The van der Waals surface area contributed by atoms with E-state index in [1.165, 1.54) is 75.5 Å². The molecule has 1 aliphatic rings. The fourth-order valence-corrected chi connectivity index (χ4v) is 5.09. The molecule has 0 nitrogen and oxygen atoms in total. The first-order chi connectivity index (χ1) is 14.7. The normalized spacial score (nSPS) is 19.3. The lowest BCUT2D eigenvalue weighted by molar-refractivity contribution is 0.302. The van der Waals surface area contributed by atoms with Gasteiger partial charge in [-0.05, 0) is 66.2 Å². The molecule has 3 aromatic carbocycles. The van der Waals surface area contributed by atoms with Crippen LogP contribution in [0.2, 0.25) is 0 Å². The molecular formula is C28H32F2. The van der Waals surface area contributed by atoms with E-state index in [-0.39, 0.29) is 11.6 Å². The highest BCUT2D eigenvalue weighted by molar-refractivity contribution is 5.88. The van der Waals surface area contributed by atoms with Gasteiger partial charge in [-0.3, -0.25) is 0 Å². The Labute approximate surface area is 179 Å². The Morgan fingerprint density at radius 2 is 1.67 bits per heavy atom. The average molecular weight is 407 g/mol. The van der Waals surface area contributed by atoms with Crippen LogP contribution in [-0.2, 0) is 0 Å². The summed E-state index contributed by atoms with van der Waals surface area (Å²) in [4.78, 5) is 0. The van der Waals surface area contributed by atoms with E-state index in [2.05, 4.69) is 19.1 Å². The maximum absolute atomic E-state index is 15.2. The van der Waals surface area contributed by atoms with Crippen LogP contribution in [0, 0.1) is 17.6 Å². The number of rotatable bonds is 7. The third-order valence-electron chi connectivity index (χ3n) is 6.90. The van der Waals surface area contributed by atoms with Crippen molar-refractivity contribution >= 4 is 10.8 Å². The number of hydrogen-bond donors (Lipinski definition) is 0. The number of benzene rings is 3. The third kappa shape index (κ3) is 4.74. The fourth-order valence-electron chi connectivity index (χ4n) is 5.09. The summed E-state index contributed by atoms with van der Waals surface area (Å²) in [5, 5.41) is 1.55. The molecule has 3 aromatic rings. The van der Waals surface area contributed by atoms with Gasteiger partial charge in [-0.15, -0.1) is 0 Å². The first-order valence-electron chi connectivity index (χ1n) is 11.6. The molecule has 0 aliphatic heterocycles. The highest BCUT2D eigenvalue weighted by Crippen LogP contribution is 2.39. The van der Waals surface area contributed by atoms with Gasteiger partial charge in [-0.1, -0.05) is 81.5 Å². The van der Waals surface area contributed by atoms with E-state index in [4.69, 9.17) is 0 Å². The standard InChI is InChI=1S/C28H32F2/c1-2-3-4-5-7-20-10-12-21(13-11-20)22-14-16-27-24(18-22)15-17-26(28(27)30)23-8-6-9-25(29)19-23/h6,8-9,14-21H,2-5,7,10-13H2,1H3. The zero-order valence-corrected chi connectivity index (χ0v) is 18.0. The minimum Gasteiger partial charge on any atom is -0.207 e. The number of hydrogen-bond acceptors (Lipinski definition) is 0. The van der Waals surface area contributed by atoms with Crippen LogP contribution in [0.5, 0.6) is 0 Å². The van der Waals surface area contributed by atoms with E-state index in [9.17, 15) is 4.39 Å². The fraction of sp³-hybridized carbons (Fsp3) is 0.429. The van der Waals surface area contributed by atoms with Crippen molar-refractivity contribution in [2.45, 2.75) is 70.6 Å². The topological polar surface area (TPSA) is 0 Å². The summed E-state index contributed by atoms with van der Waals surface area (Å²) in [5.74, 6) is 0.876. The van der Waals surface area contributed by atoms with Gasteiger partial charge in [0, 0.05) is 10.9 Å². The SMILES string of the molecule is CCCCCCC1CCC(c2ccc3c(F)c(-c4cccc(F)c4)ccc3c2)CC1. The van der Waals surface area contributed by atoms with Crippen molar-refractivity contribution in [3.05, 3.63) is 71.8 Å². The summed E-state index contributed by atoms with van der Waals surface area (Å²) in [5.41, 5.74) is 2.37. The molecule has 2 heteroatoms. The van der Waals surface area contributed by atoms with Gasteiger partial charge in [0.1, 0.15) is 11.6 Å². The van der Waals surface area contributed by atoms with Gasteiger partial charge in [0.2, 0.25) is 0 Å². The summed E-state index contributed by atoms with van der Waals surface area (Å²) in [6.07, 6.45) is 11.9. The lowest BCUT2D eigenvalue weighted by Gasteiger charge is -2.29. The highest BCUT2D eigenvalue weighted by atomic mass is 19.1. The lowest BCUT2D eigenvalue weighted by atomic mass is 9.76. The minimum atomic E-state index is -0.344. The van der Waals surface area contributed by atoms with Gasteiger partial charge in [0.05, 0.1) is 0 Å². The molecule has 0 spiro atoms. The van der Waals surface area contributed by atoms with Crippen molar-refractivity contribution in [3.63, 3.8) is 0 Å². The van der Waals surface area contributed by atoms with Crippen molar-refractivity contribution < 1.29 is 8.78 Å². The monoisotopic (exact) mass is 406 g/mol.